The van der Waals surface area contributed by atoms with Crippen LogP contribution in [0, 0.1) is 0 Å². The zero-order valence-electron chi connectivity index (χ0n) is 20.9. The molecular formula is C24H25F3N4O6S2. The fraction of sp³-hybridized carbons (Fsp3) is 0.417. The quantitative estimate of drug-likeness (QED) is 0.372. The van der Waals surface area contributed by atoms with Crippen molar-refractivity contribution in [2.24, 2.45) is 7.05 Å². The molecule has 0 aliphatic heterocycles. The average molecular weight is 587 g/mol. The van der Waals surface area contributed by atoms with Crippen LogP contribution in [0.5, 0.6) is 0 Å². The van der Waals surface area contributed by atoms with E-state index in [1.54, 1.807) is 0 Å². The topological polar surface area (TPSA) is 136 Å². The first kappa shape index (κ1) is 28.7. The third-order valence-corrected chi connectivity index (χ3v) is 9.15. The highest BCUT2D eigenvalue weighted by molar-refractivity contribution is 7.92. The van der Waals surface area contributed by atoms with Crippen LogP contribution in [0.1, 0.15) is 28.7 Å². The molecule has 0 bridgehead atoms. The molecule has 2 N–H and O–H groups in total. The minimum Gasteiger partial charge on any atom is -0.384 e. The number of rotatable bonds is 10. The smallest absolute Gasteiger partial charge is 0.384 e. The number of pyridine rings is 1. The van der Waals surface area contributed by atoms with E-state index >= 15 is 0 Å². The standard InChI is InChI=1S/C24H25F3N4O6S2/c1-31-6-5-13(9-20(31)33)15-10-18-17(11-16(15)24(25,26)27)30-23(38-18)21(39(35,36)8-7-37-2)22(34)28-12-19(32)29-14-3-4-14/h5-6,9-11,14,21H,3-4,7-8,12H2,1-2H3,(H,28,34)(H,29,32). The number of hydrogen-bond acceptors (Lipinski definition) is 8. The van der Waals surface area contributed by atoms with Crippen LogP contribution in [0.2, 0.25) is 0 Å². The number of carbonyl (C=O) groups excluding carboxylic acids is 2. The third kappa shape index (κ3) is 6.65. The van der Waals surface area contributed by atoms with Gasteiger partial charge in [0, 0.05) is 32.5 Å². The molecule has 210 valence electrons. The normalized spacial score (nSPS) is 14.8. The number of halogens is 3. The maximum atomic E-state index is 14.0. The summed E-state index contributed by atoms with van der Waals surface area (Å²) < 4.78 is 74.5. The van der Waals surface area contributed by atoms with E-state index in [1.165, 1.54) is 37.1 Å². The van der Waals surface area contributed by atoms with Gasteiger partial charge in [0.2, 0.25) is 11.8 Å². The Kier molecular flexibility index (Phi) is 8.14. The Balaban J connectivity index is 1.77. The number of methoxy groups -OCH3 is 1. The Bertz CT molecular complexity index is 1580. The Morgan fingerprint density at radius 3 is 2.59 bits per heavy atom. The van der Waals surface area contributed by atoms with Crippen LogP contribution in [-0.4, -0.2) is 61.8 Å². The fourth-order valence-corrected chi connectivity index (χ4v) is 6.76. The highest BCUT2D eigenvalue weighted by Gasteiger charge is 2.39. The van der Waals surface area contributed by atoms with E-state index in [2.05, 4.69) is 15.6 Å². The summed E-state index contributed by atoms with van der Waals surface area (Å²) in [5.41, 5.74) is -2.02. The van der Waals surface area contributed by atoms with Gasteiger partial charge in [-0.15, -0.1) is 11.3 Å². The second kappa shape index (κ2) is 11.1. The van der Waals surface area contributed by atoms with Gasteiger partial charge in [-0.1, -0.05) is 0 Å². The van der Waals surface area contributed by atoms with Gasteiger partial charge in [-0.3, -0.25) is 14.4 Å². The lowest BCUT2D eigenvalue weighted by molar-refractivity contribution is -0.137. The number of benzene rings is 1. The van der Waals surface area contributed by atoms with Gasteiger partial charge in [-0.05, 0) is 42.2 Å². The van der Waals surface area contributed by atoms with E-state index in [4.69, 9.17) is 4.74 Å². The predicted octanol–water partition coefficient (Wildman–Crippen LogP) is 2.18. The number of aryl methyl sites for hydroxylation is 1. The molecule has 1 unspecified atom stereocenters. The number of thiazole rings is 1. The van der Waals surface area contributed by atoms with E-state index in [9.17, 15) is 36.0 Å². The molecule has 2 heterocycles. The first-order valence-corrected chi connectivity index (χ1v) is 14.3. The lowest BCUT2D eigenvalue weighted by Gasteiger charge is -2.15. The van der Waals surface area contributed by atoms with Crippen molar-refractivity contribution in [1.29, 1.82) is 0 Å². The minimum atomic E-state index is -4.81. The summed E-state index contributed by atoms with van der Waals surface area (Å²) in [5, 5.41) is 2.84. The van der Waals surface area contributed by atoms with Crippen molar-refractivity contribution < 1.29 is 35.9 Å². The Morgan fingerprint density at radius 1 is 1.26 bits per heavy atom. The van der Waals surface area contributed by atoms with Crippen LogP contribution in [0.4, 0.5) is 13.2 Å². The molecule has 1 fully saturated rings. The van der Waals surface area contributed by atoms with Crippen LogP contribution < -0.4 is 16.2 Å². The molecular weight excluding hydrogens is 561 g/mol. The maximum absolute atomic E-state index is 14.0. The van der Waals surface area contributed by atoms with Gasteiger partial charge in [0.05, 0.1) is 34.7 Å². The van der Waals surface area contributed by atoms with Gasteiger partial charge in [-0.2, -0.15) is 13.2 Å². The Morgan fingerprint density at radius 2 is 1.97 bits per heavy atom. The molecule has 2 aromatic heterocycles. The molecule has 0 radical (unpaired) electrons. The molecule has 39 heavy (non-hydrogen) atoms. The van der Waals surface area contributed by atoms with Crippen LogP contribution >= 0.6 is 11.3 Å². The van der Waals surface area contributed by atoms with Gasteiger partial charge >= 0.3 is 6.18 Å². The number of carbonyl (C=O) groups is 2. The number of nitrogens with one attached hydrogen (secondary N) is 2. The lowest BCUT2D eigenvalue weighted by atomic mass is 9.99. The molecule has 0 saturated heterocycles. The van der Waals surface area contributed by atoms with Gasteiger partial charge in [-0.25, -0.2) is 13.4 Å². The van der Waals surface area contributed by atoms with Gasteiger partial charge in [0.25, 0.3) is 5.56 Å². The molecule has 1 saturated carbocycles. The minimum absolute atomic E-state index is 0.0194. The first-order valence-electron chi connectivity index (χ1n) is 11.8. The summed E-state index contributed by atoms with van der Waals surface area (Å²) in [6.07, 6.45) is -1.84. The Hall–Kier alpha value is -3.30. The van der Waals surface area contributed by atoms with Crippen molar-refractivity contribution in [3.8, 4) is 11.1 Å². The van der Waals surface area contributed by atoms with Crippen LogP contribution in [0.15, 0.2) is 35.3 Å². The van der Waals surface area contributed by atoms with Crippen LogP contribution in [0.25, 0.3) is 21.3 Å². The van der Waals surface area contributed by atoms with Gasteiger partial charge in [0.15, 0.2) is 15.1 Å². The van der Waals surface area contributed by atoms with Crippen LogP contribution in [0.3, 0.4) is 0 Å². The fourth-order valence-electron chi connectivity index (χ4n) is 3.81. The highest BCUT2D eigenvalue weighted by atomic mass is 32.2. The van der Waals surface area contributed by atoms with Crippen molar-refractivity contribution in [3.05, 3.63) is 51.4 Å². The molecule has 15 heteroatoms. The van der Waals surface area contributed by atoms with E-state index in [0.717, 1.165) is 36.3 Å². The summed E-state index contributed by atoms with van der Waals surface area (Å²) >= 11 is 0.741. The first-order chi connectivity index (χ1) is 18.3. The summed E-state index contributed by atoms with van der Waals surface area (Å²) in [6.45, 7) is -0.702. The van der Waals surface area contributed by atoms with Crippen molar-refractivity contribution in [3.63, 3.8) is 0 Å². The summed E-state index contributed by atoms with van der Waals surface area (Å²) in [5.74, 6) is -2.08. The molecule has 0 spiro atoms. The molecule has 4 rings (SSSR count). The number of fused-ring (bicyclic) bond motifs is 1. The third-order valence-electron chi connectivity index (χ3n) is 6.02. The number of alkyl halides is 3. The predicted molar refractivity (Wildman–Crippen MR) is 138 cm³/mol. The van der Waals surface area contributed by atoms with E-state index in [1.807, 2.05) is 0 Å². The van der Waals surface area contributed by atoms with Crippen molar-refractivity contribution in [2.45, 2.75) is 30.3 Å². The SMILES string of the molecule is COCCS(=O)(=O)C(C(=O)NCC(=O)NC1CC1)c1nc2cc(C(F)(F)F)c(-c3ccn(C)c(=O)c3)cc2s1. The number of ether oxygens (including phenoxy) is 1. The second-order valence-electron chi connectivity index (χ2n) is 9.08. The zero-order chi connectivity index (χ0) is 28.5. The van der Waals surface area contributed by atoms with E-state index in [0.29, 0.717) is 0 Å². The molecule has 10 nitrogen and oxygen atoms in total. The zero-order valence-corrected chi connectivity index (χ0v) is 22.5. The highest BCUT2D eigenvalue weighted by Crippen LogP contribution is 2.41. The van der Waals surface area contributed by atoms with E-state index in [-0.39, 0.29) is 39.0 Å². The van der Waals surface area contributed by atoms with E-state index < -0.39 is 56.5 Å². The van der Waals surface area contributed by atoms with Crippen LogP contribution in [-0.2, 0) is 37.4 Å². The van der Waals surface area contributed by atoms with Crippen molar-refractivity contribution in [1.82, 2.24) is 20.2 Å². The second-order valence-corrected chi connectivity index (χ2v) is 12.3. The maximum Gasteiger partial charge on any atom is 0.417 e. The molecule has 1 aliphatic rings. The number of sulfone groups is 1. The lowest BCUT2D eigenvalue weighted by Crippen LogP contribution is -2.42. The average Bonchev–Trinajstić information content (AvgIpc) is 3.57. The monoisotopic (exact) mass is 586 g/mol. The molecule has 2 amide bonds. The summed E-state index contributed by atoms with van der Waals surface area (Å²) in [7, 11) is -1.50. The van der Waals surface area contributed by atoms with Crippen molar-refractivity contribution >= 4 is 43.2 Å². The summed E-state index contributed by atoms with van der Waals surface area (Å²) in [4.78, 5) is 41.3. The number of nitrogens with zero attached hydrogens (tertiary/aromatic N) is 2. The summed E-state index contributed by atoms with van der Waals surface area (Å²) in [6, 6.07) is 4.39. The van der Waals surface area contributed by atoms with Crippen molar-refractivity contribution in [2.75, 3.05) is 26.0 Å². The molecule has 1 aliphatic carbocycles. The molecule has 3 aromatic rings. The molecule has 1 atom stereocenters. The van der Waals surface area contributed by atoms with Gasteiger partial charge in [0.1, 0.15) is 5.01 Å². The largest absolute Gasteiger partial charge is 0.417 e. The number of aromatic nitrogens is 2. The van der Waals surface area contributed by atoms with Gasteiger partial charge < -0.3 is 19.9 Å². The molecule has 1 aromatic carbocycles. The number of amides is 2. The number of hydrogen-bond donors (Lipinski definition) is 2. The Labute approximate surface area is 225 Å².